The lowest BCUT2D eigenvalue weighted by Gasteiger charge is -2.18. The Balaban J connectivity index is 4.45. The molecule has 0 aromatic rings. The van der Waals surface area contributed by atoms with E-state index in [1.165, 1.54) is 57.8 Å². The molecule has 0 rings (SSSR count). The standard InChI is InChI=1S/C70H108O6/c1-4-7-10-13-16-19-22-25-27-28-29-30-31-32-33-34-35-36-37-38-39-40-41-42-44-45-48-51-54-57-60-63-69(72)75-66-67(65-74-68(71)62-59-56-53-50-47-24-21-18-15-12-9-6-3)76-70(73)64-61-58-55-52-49-46-43-26-23-20-17-14-11-8-5-2/h7-8,10-11,16-17,19-20,25-27,29-30,32-33,35-36,38-39,41-43,45,48-49,52,58,61,67H,4-6,9,12-15,18,21-24,28,31,34,37,40,44,46-47,50-51,53-57,59-60,62-66H2,1-3H3/b10-7-,11-8-,19-16-,20-17-,27-25-,30-29-,33-32-,36-35-,39-38-,42-41-,43-26-,48-45-,52-49-,61-58-. The third-order valence-corrected chi connectivity index (χ3v) is 12.0. The van der Waals surface area contributed by atoms with Crippen molar-refractivity contribution < 1.29 is 28.6 Å². The number of carbonyl (C=O) groups is 3. The first-order valence-electron chi connectivity index (χ1n) is 30.1. The van der Waals surface area contributed by atoms with E-state index in [4.69, 9.17) is 14.2 Å². The number of allylic oxidation sites excluding steroid dienone is 27. The van der Waals surface area contributed by atoms with Crippen LogP contribution in [0.2, 0.25) is 0 Å². The predicted molar refractivity (Wildman–Crippen MR) is 329 cm³/mol. The Kier molecular flexibility index (Phi) is 58.0. The van der Waals surface area contributed by atoms with Crippen molar-refractivity contribution >= 4 is 17.9 Å². The summed E-state index contributed by atoms with van der Waals surface area (Å²) in [6.45, 7) is 6.28. The molecule has 0 aliphatic heterocycles. The van der Waals surface area contributed by atoms with E-state index in [0.29, 0.717) is 19.3 Å². The fourth-order valence-corrected chi connectivity index (χ4v) is 7.57. The van der Waals surface area contributed by atoms with Gasteiger partial charge in [0.1, 0.15) is 13.2 Å². The van der Waals surface area contributed by atoms with E-state index in [0.717, 1.165) is 128 Å². The third kappa shape index (κ3) is 59.6. The highest BCUT2D eigenvalue weighted by Gasteiger charge is 2.19. The van der Waals surface area contributed by atoms with Gasteiger partial charge in [-0.2, -0.15) is 0 Å². The van der Waals surface area contributed by atoms with Gasteiger partial charge in [-0.1, -0.05) is 268 Å². The van der Waals surface area contributed by atoms with Crippen molar-refractivity contribution in [1.82, 2.24) is 0 Å². The minimum Gasteiger partial charge on any atom is -0.462 e. The Morgan fingerprint density at radius 2 is 0.553 bits per heavy atom. The van der Waals surface area contributed by atoms with Gasteiger partial charge in [-0.25, -0.2) is 0 Å². The number of unbranched alkanes of at least 4 members (excludes halogenated alkanes) is 14. The lowest BCUT2D eigenvalue weighted by molar-refractivity contribution is -0.166. The molecular formula is C70H108O6. The van der Waals surface area contributed by atoms with Crippen LogP contribution >= 0.6 is 0 Å². The second kappa shape index (κ2) is 62.3. The molecule has 0 radical (unpaired) electrons. The lowest BCUT2D eigenvalue weighted by atomic mass is 10.0. The van der Waals surface area contributed by atoms with Crippen LogP contribution in [0.15, 0.2) is 170 Å². The summed E-state index contributed by atoms with van der Waals surface area (Å²) in [5.74, 6) is -1.11. The molecule has 6 nitrogen and oxygen atoms in total. The smallest absolute Gasteiger partial charge is 0.310 e. The molecule has 1 atom stereocenters. The molecule has 0 amide bonds. The van der Waals surface area contributed by atoms with Crippen molar-refractivity contribution in [2.45, 2.75) is 239 Å². The number of carbonyl (C=O) groups excluding carboxylic acids is 3. The normalized spacial score (nSPS) is 13.4. The highest BCUT2D eigenvalue weighted by Crippen LogP contribution is 2.14. The molecule has 0 aromatic carbocycles. The van der Waals surface area contributed by atoms with Gasteiger partial charge < -0.3 is 14.2 Å². The highest BCUT2D eigenvalue weighted by molar-refractivity contribution is 5.72. The van der Waals surface area contributed by atoms with Gasteiger partial charge in [-0.05, 0) is 116 Å². The molecular weight excluding hydrogens is 937 g/mol. The van der Waals surface area contributed by atoms with Gasteiger partial charge in [0.25, 0.3) is 0 Å². The number of rotatable bonds is 52. The van der Waals surface area contributed by atoms with E-state index in [9.17, 15) is 14.4 Å². The molecule has 0 saturated heterocycles. The molecule has 6 heteroatoms. The van der Waals surface area contributed by atoms with Crippen LogP contribution in [-0.4, -0.2) is 37.2 Å². The summed E-state index contributed by atoms with van der Waals surface area (Å²) in [6, 6.07) is 0. The van der Waals surface area contributed by atoms with Crippen LogP contribution in [0.4, 0.5) is 0 Å². The molecule has 0 spiro atoms. The van der Waals surface area contributed by atoms with Crippen LogP contribution in [0, 0.1) is 0 Å². The summed E-state index contributed by atoms with van der Waals surface area (Å²) in [7, 11) is 0. The van der Waals surface area contributed by atoms with Crippen LogP contribution < -0.4 is 0 Å². The summed E-state index contributed by atoms with van der Waals surface area (Å²) in [5, 5.41) is 0. The molecule has 76 heavy (non-hydrogen) atoms. The fourth-order valence-electron chi connectivity index (χ4n) is 7.57. The number of esters is 3. The molecule has 0 aliphatic carbocycles. The summed E-state index contributed by atoms with van der Waals surface area (Å²) in [6.07, 6.45) is 92.4. The monoisotopic (exact) mass is 1040 g/mol. The van der Waals surface area contributed by atoms with Gasteiger partial charge in [0.2, 0.25) is 0 Å². The molecule has 424 valence electrons. The summed E-state index contributed by atoms with van der Waals surface area (Å²) in [4.78, 5) is 38.1. The van der Waals surface area contributed by atoms with Crippen molar-refractivity contribution in [3.05, 3.63) is 170 Å². The predicted octanol–water partition coefficient (Wildman–Crippen LogP) is 20.7. The summed E-state index contributed by atoms with van der Waals surface area (Å²) in [5.41, 5.74) is 0. The van der Waals surface area contributed by atoms with Crippen molar-refractivity contribution in [2.24, 2.45) is 0 Å². The average molecular weight is 1050 g/mol. The highest BCUT2D eigenvalue weighted by atomic mass is 16.6. The maximum absolute atomic E-state index is 12.8. The van der Waals surface area contributed by atoms with Gasteiger partial charge in [-0.15, -0.1) is 0 Å². The lowest BCUT2D eigenvalue weighted by Crippen LogP contribution is -2.30. The van der Waals surface area contributed by atoms with Crippen LogP contribution in [0.5, 0.6) is 0 Å². The Bertz CT molecular complexity index is 1770. The first kappa shape index (κ1) is 70.8. The topological polar surface area (TPSA) is 78.9 Å². The van der Waals surface area contributed by atoms with Gasteiger partial charge >= 0.3 is 17.9 Å². The Morgan fingerprint density at radius 3 is 0.868 bits per heavy atom. The molecule has 0 N–H and O–H groups in total. The molecule has 0 fully saturated rings. The zero-order chi connectivity index (χ0) is 55.0. The van der Waals surface area contributed by atoms with Crippen LogP contribution in [0.25, 0.3) is 0 Å². The number of hydrogen-bond acceptors (Lipinski definition) is 6. The van der Waals surface area contributed by atoms with E-state index in [1.54, 1.807) is 6.08 Å². The van der Waals surface area contributed by atoms with E-state index >= 15 is 0 Å². The number of ether oxygens (including phenoxy) is 3. The van der Waals surface area contributed by atoms with Crippen LogP contribution in [-0.2, 0) is 28.6 Å². The van der Waals surface area contributed by atoms with Gasteiger partial charge in [0.05, 0.1) is 6.42 Å². The largest absolute Gasteiger partial charge is 0.462 e. The minimum atomic E-state index is -0.853. The molecule has 0 aromatic heterocycles. The molecule has 0 saturated carbocycles. The Labute approximate surface area is 466 Å². The van der Waals surface area contributed by atoms with Crippen LogP contribution in [0.1, 0.15) is 233 Å². The van der Waals surface area contributed by atoms with Crippen LogP contribution in [0.3, 0.4) is 0 Å². The molecule has 0 bridgehead atoms. The Hall–Kier alpha value is -5.23. The summed E-state index contributed by atoms with van der Waals surface area (Å²) < 4.78 is 16.7. The van der Waals surface area contributed by atoms with Crippen molar-refractivity contribution in [2.75, 3.05) is 13.2 Å². The first-order valence-corrected chi connectivity index (χ1v) is 30.1. The van der Waals surface area contributed by atoms with E-state index in [-0.39, 0.29) is 31.6 Å². The van der Waals surface area contributed by atoms with Gasteiger partial charge in [0.15, 0.2) is 6.10 Å². The van der Waals surface area contributed by atoms with E-state index < -0.39 is 12.1 Å². The van der Waals surface area contributed by atoms with Crippen molar-refractivity contribution in [3.63, 3.8) is 0 Å². The number of hydrogen-bond donors (Lipinski definition) is 0. The van der Waals surface area contributed by atoms with Crippen molar-refractivity contribution in [1.29, 1.82) is 0 Å². The maximum Gasteiger partial charge on any atom is 0.310 e. The first-order chi connectivity index (χ1) is 37.5. The average Bonchev–Trinajstić information content (AvgIpc) is 3.42. The summed E-state index contributed by atoms with van der Waals surface area (Å²) >= 11 is 0. The van der Waals surface area contributed by atoms with Gasteiger partial charge in [0, 0.05) is 12.8 Å². The molecule has 0 aliphatic rings. The zero-order valence-corrected chi connectivity index (χ0v) is 48.4. The quantitative estimate of drug-likeness (QED) is 0.0261. The Morgan fingerprint density at radius 1 is 0.289 bits per heavy atom. The van der Waals surface area contributed by atoms with E-state index in [1.807, 2.05) is 6.08 Å². The van der Waals surface area contributed by atoms with Crippen molar-refractivity contribution in [3.8, 4) is 0 Å². The molecule has 1 unspecified atom stereocenters. The minimum absolute atomic E-state index is 0.0825. The fraction of sp³-hybridized carbons (Fsp3) is 0.557. The second-order valence-corrected chi connectivity index (χ2v) is 19.2. The maximum atomic E-state index is 12.8. The van der Waals surface area contributed by atoms with Gasteiger partial charge in [-0.3, -0.25) is 14.4 Å². The second-order valence-electron chi connectivity index (χ2n) is 19.2. The molecule has 0 heterocycles. The third-order valence-electron chi connectivity index (χ3n) is 12.0. The zero-order valence-electron chi connectivity index (χ0n) is 48.4. The van der Waals surface area contributed by atoms with E-state index in [2.05, 4.69) is 179 Å². The SMILES string of the molecule is CC/C=C\C/C=C\C/C=C\C/C=C\C/C=C\C/C=C\C/C=C\C/C=C\C/C=C\CCCCCC(=O)OCC(COC(=O)CCCCCCCCCCCCCC)OC(=O)C/C=C\C/C=C\C/C=C\C/C=C\C/C=C\CC.